The summed E-state index contributed by atoms with van der Waals surface area (Å²) in [4.78, 5) is 71.5. The molecule has 0 aliphatic carbocycles. The second-order valence-electron chi connectivity index (χ2n) is 8.47. The van der Waals surface area contributed by atoms with Gasteiger partial charge >= 0.3 is 17.9 Å². The highest BCUT2D eigenvalue weighted by Gasteiger charge is 2.32. The van der Waals surface area contributed by atoms with Crippen molar-refractivity contribution in [2.24, 2.45) is 17.6 Å². The van der Waals surface area contributed by atoms with Crippen LogP contribution in [0.3, 0.4) is 0 Å². The van der Waals surface area contributed by atoms with Crippen LogP contribution in [0.1, 0.15) is 59.8 Å². The number of aliphatic carboxylic acids is 3. The lowest BCUT2D eigenvalue weighted by Gasteiger charge is -2.26. The number of carboxylic acids is 3. The van der Waals surface area contributed by atoms with Gasteiger partial charge in [0.05, 0.1) is 6.04 Å². The van der Waals surface area contributed by atoms with Gasteiger partial charge in [0.1, 0.15) is 18.1 Å². The van der Waals surface area contributed by atoms with Crippen LogP contribution in [0.5, 0.6) is 0 Å². The average Bonchev–Trinajstić information content (AvgIpc) is 2.75. The summed E-state index contributed by atoms with van der Waals surface area (Å²) in [7, 11) is 0. The summed E-state index contributed by atoms with van der Waals surface area (Å²) in [5.74, 6) is -7.02. The molecule has 0 aliphatic heterocycles. The van der Waals surface area contributed by atoms with Gasteiger partial charge < -0.3 is 37.0 Å². The van der Waals surface area contributed by atoms with E-state index >= 15 is 0 Å². The zero-order valence-corrected chi connectivity index (χ0v) is 19.9. The van der Waals surface area contributed by atoms with Crippen molar-refractivity contribution in [1.29, 1.82) is 0 Å². The number of carbonyl (C=O) groups excluding carboxylic acids is 3. The Balaban J connectivity index is 5.69. The molecule has 5 atom stereocenters. The second-order valence-corrected chi connectivity index (χ2v) is 8.47. The van der Waals surface area contributed by atoms with Crippen LogP contribution in [0, 0.1) is 11.8 Å². The zero-order valence-electron chi connectivity index (χ0n) is 19.9. The number of hydrogen-bond donors (Lipinski definition) is 7. The molecule has 13 nitrogen and oxygen atoms in total. The normalized spacial score (nSPS) is 15.4. The number of carbonyl (C=O) groups is 6. The quantitative estimate of drug-likeness (QED) is 0.144. The van der Waals surface area contributed by atoms with Gasteiger partial charge in [-0.2, -0.15) is 0 Å². The topological polar surface area (TPSA) is 225 Å². The zero-order chi connectivity index (χ0) is 26.6. The Morgan fingerprint density at radius 1 is 0.735 bits per heavy atom. The molecule has 0 rings (SSSR count). The molecule has 0 aromatic carbocycles. The van der Waals surface area contributed by atoms with Gasteiger partial charge in [-0.15, -0.1) is 0 Å². The molecule has 34 heavy (non-hydrogen) atoms. The van der Waals surface area contributed by atoms with Crippen LogP contribution in [0.25, 0.3) is 0 Å². The molecular formula is C21H36N4O9. The first kappa shape index (κ1) is 30.8. The molecule has 5 unspecified atom stereocenters. The van der Waals surface area contributed by atoms with Gasteiger partial charge in [0.2, 0.25) is 17.7 Å². The van der Waals surface area contributed by atoms with Crippen LogP contribution in [0.2, 0.25) is 0 Å². The number of rotatable bonds is 16. The van der Waals surface area contributed by atoms with E-state index in [0.29, 0.717) is 6.42 Å². The molecule has 8 N–H and O–H groups in total. The molecule has 0 heterocycles. The molecule has 3 amide bonds. The molecule has 0 aromatic heterocycles. The first-order valence-corrected chi connectivity index (χ1v) is 11.0. The number of carboxylic acid groups (broad SMARTS) is 3. The molecule has 0 fully saturated rings. The Labute approximate surface area is 197 Å². The Morgan fingerprint density at radius 3 is 1.50 bits per heavy atom. The summed E-state index contributed by atoms with van der Waals surface area (Å²) in [6.07, 6.45) is -1.22. The number of nitrogens with two attached hydrogens (primary N) is 1. The lowest BCUT2D eigenvalue weighted by molar-refractivity contribution is -0.144. The van der Waals surface area contributed by atoms with Gasteiger partial charge in [-0.3, -0.25) is 24.0 Å². The van der Waals surface area contributed by atoms with Crippen molar-refractivity contribution in [3.63, 3.8) is 0 Å². The summed E-state index contributed by atoms with van der Waals surface area (Å²) in [5, 5.41) is 34.3. The number of amides is 3. The Morgan fingerprint density at radius 2 is 1.15 bits per heavy atom. The first-order chi connectivity index (χ1) is 15.7. The molecule has 0 saturated heterocycles. The van der Waals surface area contributed by atoms with Crippen molar-refractivity contribution >= 4 is 35.6 Å². The van der Waals surface area contributed by atoms with Crippen LogP contribution in [0.15, 0.2) is 0 Å². The maximum absolute atomic E-state index is 12.8. The summed E-state index contributed by atoms with van der Waals surface area (Å²) in [6, 6.07) is -5.04. The monoisotopic (exact) mass is 488 g/mol. The Kier molecular flexibility index (Phi) is 13.4. The SMILES string of the molecule is CCC(C)C(NC(=O)C(CCC(=O)O)NC(=O)C(CCC(=O)O)NC(=O)C(N)C(C)C)C(=O)O. The maximum atomic E-state index is 12.8. The van der Waals surface area contributed by atoms with Gasteiger partial charge in [-0.25, -0.2) is 4.79 Å². The van der Waals surface area contributed by atoms with Crippen molar-refractivity contribution in [2.75, 3.05) is 0 Å². The van der Waals surface area contributed by atoms with E-state index in [1.807, 2.05) is 0 Å². The highest BCUT2D eigenvalue weighted by atomic mass is 16.4. The predicted molar refractivity (Wildman–Crippen MR) is 119 cm³/mol. The fourth-order valence-electron chi connectivity index (χ4n) is 2.85. The first-order valence-electron chi connectivity index (χ1n) is 11.0. The van der Waals surface area contributed by atoms with Crippen molar-refractivity contribution in [2.45, 2.75) is 84.0 Å². The second kappa shape index (κ2) is 14.8. The van der Waals surface area contributed by atoms with E-state index in [1.165, 1.54) is 0 Å². The van der Waals surface area contributed by atoms with Crippen LogP contribution in [0.4, 0.5) is 0 Å². The van der Waals surface area contributed by atoms with Crippen LogP contribution in [-0.4, -0.2) is 75.1 Å². The van der Waals surface area contributed by atoms with Gasteiger partial charge in [0.25, 0.3) is 0 Å². The van der Waals surface area contributed by atoms with E-state index in [2.05, 4.69) is 16.0 Å². The molecule has 0 spiro atoms. The minimum absolute atomic E-state index is 0.272. The van der Waals surface area contributed by atoms with E-state index in [4.69, 9.17) is 15.9 Å². The summed E-state index contributed by atoms with van der Waals surface area (Å²) in [5.41, 5.74) is 5.77. The third-order valence-electron chi connectivity index (χ3n) is 5.36. The molecule has 0 saturated carbocycles. The lowest BCUT2D eigenvalue weighted by Crippen LogP contribution is -2.58. The van der Waals surface area contributed by atoms with Gasteiger partial charge in [0, 0.05) is 12.8 Å². The van der Waals surface area contributed by atoms with Crippen molar-refractivity contribution < 1.29 is 44.1 Å². The molecule has 0 aliphatic rings. The molecular weight excluding hydrogens is 452 g/mol. The van der Waals surface area contributed by atoms with Crippen LogP contribution in [-0.2, 0) is 28.8 Å². The summed E-state index contributed by atoms with van der Waals surface area (Å²) in [6.45, 7) is 6.70. The minimum atomic E-state index is -1.43. The standard InChI is InChI=1S/C21H36N4O9/c1-5-11(4)17(21(33)34)25-19(31)13(7-9-15(28)29)23-18(30)12(6-8-14(26)27)24-20(32)16(22)10(2)3/h10-13,16-17H,5-9,22H2,1-4H3,(H,23,30)(H,24,32)(H,25,31)(H,26,27)(H,28,29)(H,33,34). The van der Waals surface area contributed by atoms with Crippen molar-refractivity contribution in [3.8, 4) is 0 Å². The van der Waals surface area contributed by atoms with Crippen LogP contribution >= 0.6 is 0 Å². The Bertz CT molecular complexity index is 757. The molecule has 0 radical (unpaired) electrons. The molecule has 13 heteroatoms. The third-order valence-corrected chi connectivity index (χ3v) is 5.36. The smallest absolute Gasteiger partial charge is 0.326 e. The highest BCUT2D eigenvalue weighted by Crippen LogP contribution is 2.10. The van der Waals surface area contributed by atoms with E-state index in [9.17, 15) is 33.9 Å². The van der Waals surface area contributed by atoms with Gasteiger partial charge in [-0.1, -0.05) is 34.1 Å². The molecule has 0 aromatic rings. The Hall–Kier alpha value is -3.22. The minimum Gasteiger partial charge on any atom is -0.481 e. The van der Waals surface area contributed by atoms with E-state index < -0.39 is 78.6 Å². The van der Waals surface area contributed by atoms with Crippen molar-refractivity contribution in [1.82, 2.24) is 16.0 Å². The largest absolute Gasteiger partial charge is 0.481 e. The van der Waals surface area contributed by atoms with Crippen LogP contribution < -0.4 is 21.7 Å². The average molecular weight is 489 g/mol. The molecule has 0 bridgehead atoms. The summed E-state index contributed by atoms with van der Waals surface area (Å²) >= 11 is 0. The maximum Gasteiger partial charge on any atom is 0.326 e. The fraction of sp³-hybridized carbons (Fsp3) is 0.714. The third kappa shape index (κ3) is 11.1. The van der Waals surface area contributed by atoms with Gasteiger partial charge in [0.15, 0.2) is 0 Å². The van der Waals surface area contributed by atoms with Crippen molar-refractivity contribution in [3.05, 3.63) is 0 Å². The van der Waals surface area contributed by atoms with E-state index in [1.54, 1.807) is 27.7 Å². The van der Waals surface area contributed by atoms with E-state index in [0.717, 1.165) is 0 Å². The number of hydrogen-bond acceptors (Lipinski definition) is 7. The summed E-state index contributed by atoms with van der Waals surface area (Å²) < 4.78 is 0. The fourth-order valence-corrected chi connectivity index (χ4v) is 2.85. The molecule has 194 valence electrons. The highest BCUT2D eigenvalue weighted by molar-refractivity contribution is 5.94. The van der Waals surface area contributed by atoms with Gasteiger partial charge in [-0.05, 0) is 24.7 Å². The lowest BCUT2D eigenvalue weighted by atomic mass is 9.98. The van der Waals surface area contributed by atoms with E-state index in [-0.39, 0.29) is 18.8 Å². The predicted octanol–water partition coefficient (Wildman–Crippen LogP) is -0.716. The number of nitrogens with one attached hydrogen (secondary N) is 3.